The molecule has 3 rings (SSSR count). The standard InChI is InChI=1S/C16H15FN2/c1-11(2)12-3-5-14(15(17)9-12)13-4-6-16-18-7-8-19(16)10-13/h3-11H,1-2H3. The lowest BCUT2D eigenvalue weighted by Crippen LogP contribution is -1.92. The second-order valence-electron chi connectivity index (χ2n) is 5.00. The number of pyridine rings is 1. The predicted octanol–water partition coefficient (Wildman–Crippen LogP) is 4.26. The Morgan fingerprint density at radius 2 is 2.00 bits per heavy atom. The predicted molar refractivity (Wildman–Crippen MR) is 74.7 cm³/mol. The highest BCUT2D eigenvalue weighted by Gasteiger charge is 2.08. The van der Waals surface area contributed by atoms with Gasteiger partial charge in [-0.3, -0.25) is 0 Å². The summed E-state index contributed by atoms with van der Waals surface area (Å²) >= 11 is 0. The molecule has 19 heavy (non-hydrogen) atoms. The van der Waals surface area contributed by atoms with Crippen LogP contribution in [0.3, 0.4) is 0 Å². The van der Waals surface area contributed by atoms with Crippen molar-refractivity contribution in [2.45, 2.75) is 19.8 Å². The number of fused-ring (bicyclic) bond motifs is 1. The Morgan fingerprint density at radius 3 is 2.74 bits per heavy atom. The molecule has 0 saturated carbocycles. The molecule has 0 unspecified atom stereocenters. The summed E-state index contributed by atoms with van der Waals surface area (Å²) in [6.45, 7) is 4.12. The smallest absolute Gasteiger partial charge is 0.136 e. The van der Waals surface area contributed by atoms with Crippen LogP contribution < -0.4 is 0 Å². The fourth-order valence-corrected chi connectivity index (χ4v) is 2.20. The molecule has 1 aromatic carbocycles. The Bertz CT molecular complexity index is 728. The van der Waals surface area contributed by atoms with Crippen LogP contribution in [0.1, 0.15) is 25.3 Å². The molecule has 2 aromatic heterocycles. The van der Waals surface area contributed by atoms with Crippen molar-refractivity contribution in [2.24, 2.45) is 0 Å². The average molecular weight is 254 g/mol. The fraction of sp³-hybridized carbons (Fsp3) is 0.188. The molecule has 0 radical (unpaired) electrons. The lowest BCUT2D eigenvalue weighted by Gasteiger charge is -2.09. The number of hydrogen-bond acceptors (Lipinski definition) is 1. The van der Waals surface area contributed by atoms with E-state index in [1.54, 1.807) is 12.3 Å². The molecule has 3 heteroatoms. The van der Waals surface area contributed by atoms with E-state index in [9.17, 15) is 4.39 Å². The van der Waals surface area contributed by atoms with Crippen molar-refractivity contribution >= 4 is 5.65 Å². The van der Waals surface area contributed by atoms with Crippen LogP contribution in [-0.4, -0.2) is 9.38 Å². The maximum atomic E-state index is 14.2. The first kappa shape index (κ1) is 11.9. The number of halogens is 1. The van der Waals surface area contributed by atoms with Crippen molar-refractivity contribution < 1.29 is 4.39 Å². The minimum Gasteiger partial charge on any atom is -0.306 e. The first-order valence-corrected chi connectivity index (χ1v) is 6.37. The van der Waals surface area contributed by atoms with Crippen LogP contribution >= 0.6 is 0 Å². The minimum atomic E-state index is -0.175. The highest BCUT2D eigenvalue weighted by atomic mass is 19.1. The molecule has 0 aliphatic carbocycles. The van der Waals surface area contributed by atoms with Crippen LogP contribution in [0, 0.1) is 5.82 Å². The van der Waals surface area contributed by atoms with Gasteiger partial charge in [0.05, 0.1) is 0 Å². The largest absolute Gasteiger partial charge is 0.306 e. The van der Waals surface area contributed by atoms with Gasteiger partial charge in [-0.05, 0) is 29.7 Å². The molecule has 0 atom stereocenters. The Hall–Kier alpha value is -2.16. The Labute approximate surface area is 111 Å². The normalized spacial score (nSPS) is 11.4. The third kappa shape index (κ3) is 2.12. The van der Waals surface area contributed by atoms with Crippen LogP contribution in [-0.2, 0) is 0 Å². The molecule has 0 bridgehead atoms. The van der Waals surface area contributed by atoms with E-state index in [1.165, 1.54) is 0 Å². The van der Waals surface area contributed by atoms with E-state index in [1.807, 2.05) is 41.1 Å². The average Bonchev–Trinajstić information content (AvgIpc) is 2.85. The number of aromatic nitrogens is 2. The number of nitrogens with zero attached hydrogens (tertiary/aromatic N) is 2. The summed E-state index contributed by atoms with van der Waals surface area (Å²) in [4.78, 5) is 4.18. The maximum absolute atomic E-state index is 14.2. The van der Waals surface area contributed by atoms with Crippen LogP contribution in [0.25, 0.3) is 16.8 Å². The van der Waals surface area contributed by atoms with Crippen molar-refractivity contribution in [1.29, 1.82) is 0 Å². The molecule has 0 aliphatic rings. The maximum Gasteiger partial charge on any atom is 0.136 e. The van der Waals surface area contributed by atoms with Crippen LogP contribution in [0.5, 0.6) is 0 Å². The van der Waals surface area contributed by atoms with Gasteiger partial charge in [-0.15, -0.1) is 0 Å². The van der Waals surface area contributed by atoms with Crippen molar-refractivity contribution in [3.05, 3.63) is 60.3 Å². The van der Waals surface area contributed by atoms with Crippen LogP contribution in [0.2, 0.25) is 0 Å². The molecule has 0 aliphatic heterocycles. The summed E-state index contributed by atoms with van der Waals surface area (Å²) in [6.07, 6.45) is 5.49. The minimum absolute atomic E-state index is 0.175. The second kappa shape index (κ2) is 4.50. The van der Waals surface area contributed by atoms with E-state index in [-0.39, 0.29) is 5.82 Å². The SMILES string of the molecule is CC(C)c1ccc(-c2ccc3nccn3c2)c(F)c1. The topological polar surface area (TPSA) is 17.3 Å². The van der Waals surface area contributed by atoms with Crippen molar-refractivity contribution in [1.82, 2.24) is 9.38 Å². The zero-order valence-corrected chi connectivity index (χ0v) is 11.0. The highest BCUT2D eigenvalue weighted by molar-refractivity contribution is 5.65. The summed E-state index contributed by atoms with van der Waals surface area (Å²) in [5.41, 5.74) is 3.37. The monoisotopic (exact) mass is 254 g/mol. The van der Waals surface area contributed by atoms with Crippen molar-refractivity contribution in [2.75, 3.05) is 0 Å². The van der Waals surface area contributed by atoms with E-state index in [2.05, 4.69) is 18.8 Å². The van der Waals surface area contributed by atoms with E-state index >= 15 is 0 Å². The van der Waals surface area contributed by atoms with Gasteiger partial charge in [0, 0.05) is 29.7 Å². The van der Waals surface area contributed by atoms with Gasteiger partial charge in [0.2, 0.25) is 0 Å². The van der Waals surface area contributed by atoms with Crippen molar-refractivity contribution in [3.63, 3.8) is 0 Å². The Morgan fingerprint density at radius 1 is 1.16 bits per heavy atom. The van der Waals surface area contributed by atoms with E-state index < -0.39 is 0 Å². The summed E-state index contributed by atoms with van der Waals surface area (Å²) in [7, 11) is 0. The first-order chi connectivity index (χ1) is 9.15. The lowest BCUT2D eigenvalue weighted by molar-refractivity contribution is 0.626. The molecule has 2 nitrogen and oxygen atoms in total. The molecule has 0 spiro atoms. The Balaban J connectivity index is 2.10. The molecule has 0 fully saturated rings. The van der Waals surface area contributed by atoms with Gasteiger partial charge in [0.1, 0.15) is 11.5 Å². The summed E-state index contributed by atoms with van der Waals surface area (Å²) in [5, 5.41) is 0. The molecular formula is C16H15FN2. The molecule has 96 valence electrons. The third-order valence-electron chi connectivity index (χ3n) is 3.36. The first-order valence-electron chi connectivity index (χ1n) is 6.37. The zero-order chi connectivity index (χ0) is 13.4. The molecular weight excluding hydrogens is 239 g/mol. The van der Waals surface area contributed by atoms with Crippen LogP contribution in [0.15, 0.2) is 48.9 Å². The lowest BCUT2D eigenvalue weighted by atomic mass is 9.99. The van der Waals surface area contributed by atoms with Gasteiger partial charge in [-0.25, -0.2) is 9.37 Å². The third-order valence-corrected chi connectivity index (χ3v) is 3.36. The van der Waals surface area contributed by atoms with Crippen molar-refractivity contribution in [3.8, 4) is 11.1 Å². The molecule has 0 amide bonds. The molecule has 3 aromatic rings. The number of benzene rings is 1. The molecule has 0 saturated heterocycles. The number of imidazole rings is 1. The fourth-order valence-electron chi connectivity index (χ4n) is 2.20. The van der Waals surface area contributed by atoms with Gasteiger partial charge in [-0.2, -0.15) is 0 Å². The zero-order valence-electron chi connectivity index (χ0n) is 11.0. The van der Waals surface area contributed by atoms with Crippen LogP contribution in [0.4, 0.5) is 4.39 Å². The van der Waals surface area contributed by atoms with Gasteiger partial charge < -0.3 is 4.40 Å². The van der Waals surface area contributed by atoms with E-state index in [0.29, 0.717) is 11.5 Å². The highest BCUT2D eigenvalue weighted by Crippen LogP contribution is 2.26. The van der Waals surface area contributed by atoms with Gasteiger partial charge in [-0.1, -0.05) is 26.0 Å². The summed E-state index contributed by atoms with van der Waals surface area (Å²) in [5.74, 6) is 0.158. The Kier molecular flexibility index (Phi) is 2.82. The van der Waals surface area contributed by atoms with Gasteiger partial charge >= 0.3 is 0 Å². The quantitative estimate of drug-likeness (QED) is 0.667. The second-order valence-corrected chi connectivity index (χ2v) is 5.00. The summed E-state index contributed by atoms with van der Waals surface area (Å²) in [6, 6.07) is 9.25. The van der Waals surface area contributed by atoms with E-state index in [0.717, 1.165) is 16.8 Å². The molecule has 2 heterocycles. The molecule has 0 N–H and O–H groups in total. The van der Waals surface area contributed by atoms with Gasteiger partial charge in [0.25, 0.3) is 0 Å². The number of rotatable bonds is 2. The summed E-state index contributed by atoms with van der Waals surface area (Å²) < 4.78 is 16.1. The van der Waals surface area contributed by atoms with Gasteiger partial charge in [0.15, 0.2) is 0 Å². The van der Waals surface area contributed by atoms with E-state index in [4.69, 9.17) is 0 Å². The number of hydrogen-bond donors (Lipinski definition) is 0.